The van der Waals surface area contributed by atoms with Crippen LogP contribution in [0.1, 0.15) is 58.3 Å². The Morgan fingerprint density at radius 1 is 0.769 bits per heavy atom. The van der Waals surface area contributed by atoms with Crippen molar-refractivity contribution < 1.29 is 29.1 Å². The maximum Gasteiger partial charge on any atom is 0.326 e. The van der Waals surface area contributed by atoms with E-state index in [4.69, 9.17) is 28.3 Å². The van der Waals surface area contributed by atoms with E-state index in [-0.39, 0.29) is 18.8 Å². The van der Waals surface area contributed by atoms with Crippen LogP contribution >= 0.6 is 0 Å². The van der Waals surface area contributed by atoms with Crippen molar-refractivity contribution in [1.29, 1.82) is 5.41 Å². The molecule has 0 heterocycles. The van der Waals surface area contributed by atoms with Crippen molar-refractivity contribution >= 4 is 35.6 Å². The molecule has 0 aliphatic carbocycles. The lowest BCUT2D eigenvalue weighted by atomic mass is 10.1. The van der Waals surface area contributed by atoms with Gasteiger partial charge in [-0.1, -0.05) is 0 Å². The number of guanidine groups is 1. The van der Waals surface area contributed by atoms with E-state index in [1.54, 1.807) is 0 Å². The average Bonchev–Trinajstić information content (AvgIpc) is 2.88. The number of unbranched alkanes of at least 4 members (excludes halogenated alkanes) is 2. The minimum absolute atomic E-state index is 0.188. The number of hydrogen-bond donors (Lipinski definition) is 11. The topological polar surface area (TPSA) is 294 Å². The molecule has 0 aromatic heterocycles. The summed E-state index contributed by atoms with van der Waals surface area (Å²) in [5.74, 6) is -3.89. The molecule has 0 aliphatic heterocycles. The minimum Gasteiger partial charge on any atom is -0.480 e. The lowest BCUT2D eigenvalue weighted by Gasteiger charge is -2.21. The number of carboxylic acids is 1. The first kappa shape index (κ1) is 35.5. The van der Waals surface area contributed by atoms with Crippen molar-refractivity contribution in [2.75, 3.05) is 26.2 Å². The summed E-state index contributed by atoms with van der Waals surface area (Å²) in [5.41, 5.74) is 22.0. The predicted octanol–water partition coefficient (Wildman–Crippen LogP) is -3.49. The van der Waals surface area contributed by atoms with E-state index in [9.17, 15) is 29.1 Å². The van der Waals surface area contributed by atoms with Crippen LogP contribution in [0.2, 0.25) is 0 Å². The number of nitrogens with two attached hydrogens (primary N) is 4. The first-order chi connectivity index (χ1) is 18.4. The number of aliphatic carboxylic acids is 1. The first-order valence-electron chi connectivity index (χ1n) is 13.1. The Bertz CT molecular complexity index is 812. The van der Waals surface area contributed by atoms with Crippen LogP contribution in [0.25, 0.3) is 0 Å². The number of carbonyl (C=O) groups is 5. The number of amides is 4. The van der Waals surface area contributed by atoms with Crippen LogP contribution in [0.4, 0.5) is 0 Å². The summed E-state index contributed by atoms with van der Waals surface area (Å²) in [6, 6.07) is -4.01. The predicted molar refractivity (Wildman–Crippen MR) is 145 cm³/mol. The molecule has 16 nitrogen and oxygen atoms in total. The summed E-state index contributed by atoms with van der Waals surface area (Å²) in [6.07, 6.45) is 3.55. The molecule has 4 amide bonds. The van der Waals surface area contributed by atoms with Crippen molar-refractivity contribution in [2.24, 2.45) is 22.9 Å². The van der Waals surface area contributed by atoms with Crippen molar-refractivity contribution in [2.45, 2.75) is 82.5 Å². The normalized spacial score (nSPS) is 13.7. The van der Waals surface area contributed by atoms with E-state index in [0.29, 0.717) is 58.2 Å². The quantitative estimate of drug-likeness (QED) is 0.0373. The summed E-state index contributed by atoms with van der Waals surface area (Å²) >= 11 is 0. The van der Waals surface area contributed by atoms with Gasteiger partial charge in [0.2, 0.25) is 23.6 Å². The van der Waals surface area contributed by atoms with Gasteiger partial charge in [-0.3, -0.25) is 24.6 Å². The molecule has 224 valence electrons. The molecule has 0 bridgehead atoms. The molecule has 0 aromatic rings. The Morgan fingerprint density at radius 3 is 1.87 bits per heavy atom. The molecular weight excluding hydrogens is 512 g/mol. The number of hydrogen-bond acceptors (Lipinski definition) is 9. The lowest BCUT2D eigenvalue weighted by molar-refractivity contribution is -0.142. The second-order valence-electron chi connectivity index (χ2n) is 9.13. The summed E-state index contributed by atoms with van der Waals surface area (Å²) in [5, 5.41) is 28.8. The SMILES string of the molecule is C[C@H](NC(=O)CNC(=O)[C@H](CCCCN)NC(=O)[C@@H](N)CCCNC(=N)N)C(=O)N[C@@H](CCCCN)C(=O)O. The van der Waals surface area contributed by atoms with Crippen LogP contribution in [0.5, 0.6) is 0 Å². The van der Waals surface area contributed by atoms with Gasteiger partial charge in [0, 0.05) is 6.54 Å². The molecule has 16 heteroatoms. The van der Waals surface area contributed by atoms with Crippen LogP contribution < -0.4 is 49.5 Å². The van der Waals surface area contributed by atoms with Gasteiger partial charge in [0.05, 0.1) is 12.6 Å². The van der Waals surface area contributed by atoms with Crippen LogP contribution in [0.15, 0.2) is 0 Å². The van der Waals surface area contributed by atoms with Gasteiger partial charge in [-0.2, -0.15) is 0 Å². The van der Waals surface area contributed by atoms with Gasteiger partial charge < -0.3 is 54.6 Å². The zero-order chi connectivity index (χ0) is 29.8. The number of rotatable bonds is 21. The maximum absolute atomic E-state index is 12.7. The zero-order valence-corrected chi connectivity index (χ0v) is 22.6. The van der Waals surface area contributed by atoms with Crippen LogP contribution in [0, 0.1) is 5.41 Å². The highest BCUT2D eigenvalue weighted by molar-refractivity contribution is 5.93. The number of nitrogens with one attached hydrogen (secondary N) is 6. The van der Waals surface area contributed by atoms with Gasteiger partial charge in [0.1, 0.15) is 18.1 Å². The zero-order valence-electron chi connectivity index (χ0n) is 22.6. The van der Waals surface area contributed by atoms with E-state index in [1.807, 2.05) is 0 Å². The Kier molecular flexibility index (Phi) is 18.6. The van der Waals surface area contributed by atoms with E-state index in [1.165, 1.54) is 6.92 Å². The fraction of sp³-hybridized carbons (Fsp3) is 0.739. The molecule has 4 atom stereocenters. The van der Waals surface area contributed by atoms with E-state index >= 15 is 0 Å². The van der Waals surface area contributed by atoms with Gasteiger partial charge in [-0.25, -0.2) is 4.79 Å². The fourth-order valence-electron chi connectivity index (χ4n) is 3.41. The molecule has 0 fully saturated rings. The molecule has 0 aromatic carbocycles. The van der Waals surface area contributed by atoms with Gasteiger partial charge in [0.15, 0.2) is 5.96 Å². The summed E-state index contributed by atoms with van der Waals surface area (Å²) in [4.78, 5) is 61.2. The van der Waals surface area contributed by atoms with Crippen molar-refractivity contribution in [3.63, 3.8) is 0 Å². The third kappa shape index (κ3) is 16.9. The highest BCUT2D eigenvalue weighted by Crippen LogP contribution is 2.04. The van der Waals surface area contributed by atoms with Gasteiger partial charge in [-0.05, 0) is 71.4 Å². The van der Waals surface area contributed by atoms with E-state index in [2.05, 4.69) is 26.6 Å². The Balaban J connectivity index is 4.83. The molecule has 15 N–H and O–H groups in total. The van der Waals surface area contributed by atoms with E-state index in [0.717, 1.165) is 0 Å². The van der Waals surface area contributed by atoms with Crippen molar-refractivity contribution in [1.82, 2.24) is 26.6 Å². The van der Waals surface area contributed by atoms with Gasteiger partial charge in [0.25, 0.3) is 0 Å². The Morgan fingerprint density at radius 2 is 1.33 bits per heavy atom. The highest BCUT2D eigenvalue weighted by Gasteiger charge is 2.26. The number of carboxylic acid groups (broad SMARTS) is 1. The smallest absolute Gasteiger partial charge is 0.326 e. The molecule has 39 heavy (non-hydrogen) atoms. The molecule has 0 spiro atoms. The standard InChI is InChI=1S/C23H46N10O6/c1-14(19(35)33-17(22(38)39)9-3-5-11-25)31-18(34)13-30-21(37)16(8-2-4-10-24)32-20(36)15(26)7-6-12-29-23(27)28/h14-17H,2-13,24-26H2,1H3,(H,30,37)(H,31,34)(H,32,36)(H,33,35)(H,38,39)(H4,27,28,29)/t14-,15-,16-,17-/m0/s1. The maximum atomic E-state index is 12.7. The molecule has 0 aliphatic rings. The Labute approximate surface area is 228 Å². The minimum atomic E-state index is -1.19. The lowest BCUT2D eigenvalue weighted by Crippen LogP contribution is -2.54. The average molecular weight is 559 g/mol. The first-order valence-corrected chi connectivity index (χ1v) is 13.1. The third-order valence-corrected chi connectivity index (χ3v) is 5.68. The summed E-state index contributed by atoms with van der Waals surface area (Å²) in [6.45, 7) is 2.09. The van der Waals surface area contributed by atoms with Crippen molar-refractivity contribution in [3.05, 3.63) is 0 Å². The largest absolute Gasteiger partial charge is 0.480 e. The second kappa shape index (κ2) is 20.5. The molecular formula is C23H46N10O6. The fourth-order valence-corrected chi connectivity index (χ4v) is 3.41. The number of carbonyl (C=O) groups excluding carboxylic acids is 4. The summed E-state index contributed by atoms with van der Waals surface area (Å²) in [7, 11) is 0. The van der Waals surface area contributed by atoms with Crippen LogP contribution in [-0.2, 0) is 24.0 Å². The molecule has 0 radical (unpaired) electrons. The Hall–Kier alpha value is -3.50. The van der Waals surface area contributed by atoms with Crippen LogP contribution in [-0.4, -0.2) is 91.0 Å². The van der Waals surface area contributed by atoms with Gasteiger partial charge >= 0.3 is 5.97 Å². The second-order valence-corrected chi connectivity index (χ2v) is 9.13. The molecule has 0 saturated carbocycles. The van der Waals surface area contributed by atoms with E-state index < -0.39 is 60.3 Å². The van der Waals surface area contributed by atoms with Crippen LogP contribution in [0.3, 0.4) is 0 Å². The molecule has 0 saturated heterocycles. The monoisotopic (exact) mass is 558 g/mol. The third-order valence-electron chi connectivity index (χ3n) is 5.68. The molecule has 0 rings (SSSR count). The summed E-state index contributed by atoms with van der Waals surface area (Å²) < 4.78 is 0. The van der Waals surface area contributed by atoms with Gasteiger partial charge in [-0.15, -0.1) is 0 Å². The highest BCUT2D eigenvalue weighted by atomic mass is 16.4. The molecule has 0 unspecified atom stereocenters. The van der Waals surface area contributed by atoms with Crippen molar-refractivity contribution in [3.8, 4) is 0 Å².